The van der Waals surface area contributed by atoms with E-state index >= 15 is 0 Å². The minimum atomic E-state index is -0.233. The first-order chi connectivity index (χ1) is 7.20. The molecule has 2 rings (SSSR count). The molecular weight excluding hydrogens is 193 g/mol. The summed E-state index contributed by atoms with van der Waals surface area (Å²) in [4.78, 5) is 13.4. The van der Waals surface area contributed by atoms with E-state index in [2.05, 4.69) is 4.98 Å². The third-order valence-corrected chi connectivity index (χ3v) is 2.45. The molecule has 0 aliphatic carbocycles. The van der Waals surface area contributed by atoms with E-state index in [4.69, 9.17) is 0 Å². The summed E-state index contributed by atoms with van der Waals surface area (Å²) in [7, 11) is 0. The number of hydrogen-bond donors (Lipinski definition) is 1. The highest BCUT2D eigenvalue weighted by molar-refractivity contribution is 5.81. The summed E-state index contributed by atoms with van der Waals surface area (Å²) in [5, 5.41) is 0.875. The Morgan fingerprint density at radius 1 is 1.40 bits per heavy atom. The van der Waals surface area contributed by atoms with Gasteiger partial charge >= 0.3 is 0 Å². The minimum Gasteiger partial charge on any atom is -0.359 e. The second-order valence-electron chi connectivity index (χ2n) is 3.69. The number of aromatic nitrogens is 1. The number of carbonyl (C=O) groups excluding carboxylic acids is 1. The largest absolute Gasteiger partial charge is 0.359 e. The molecule has 3 heteroatoms. The third-order valence-electron chi connectivity index (χ3n) is 2.45. The van der Waals surface area contributed by atoms with E-state index in [1.165, 1.54) is 6.07 Å². The Labute approximate surface area is 87.1 Å². The second-order valence-corrected chi connectivity index (χ2v) is 3.69. The first-order valence-corrected chi connectivity index (χ1v) is 4.92. The zero-order valence-electron chi connectivity index (χ0n) is 8.51. The third kappa shape index (κ3) is 1.91. The highest BCUT2D eigenvalue weighted by Gasteiger charge is 2.06. The van der Waals surface area contributed by atoms with Crippen molar-refractivity contribution in [3.8, 4) is 0 Å². The molecule has 1 aromatic heterocycles. The van der Waals surface area contributed by atoms with E-state index in [1.807, 2.05) is 13.0 Å². The number of rotatable bonds is 3. The Morgan fingerprint density at radius 2 is 2.20 bits per heavy atom. The fraction of sp³-hybridized carbons (Fsp3) is 0.250. The fourth-order valence-electron chi connectivity index (χ4n) is 1.75. The van der Waals surface area contributed by atoms with Gasteiger partial charge in [-0.2, -0.15) is 0 Å². The number of H-pyrrole nitrogens is 1. The van der Waals surface area contributed by atoms with Crippen molar-refractivity contribution >= 4 is 17.2 Å². The highest BCUT2D eigenvalue weighted by atomic mass is 19.1. The van der Waals surface area contributed by atoms with E-state index in [-0.39, 0.29) is 5.82 Å². The van der Waals surface area contributed by atoms with Crippen LogP contribution in [0, 0.1) is 12.7 Å². The van der Waals surface area contributed by atoms with E-state index < -0.39 is 0 Å². The van der Waals surface area contributed by atoms with Crippen molar-refractivity contribution in [1.82, 2.24) is 4.98 Å². The van der Waals surface area contributed by atoms with Crippen molar-refractivity contribution in [1.29, 1.82) is 0 Å². The number of benzene rings is 1. The molecule has 1 aromatic carbocycles. The Hall–Kier alpha value is -1.64. The standard InChI is InChI=1S/C12H12FNO/c1-8-5-10-6-11(13)9(3-2-4-15)7-12(10)14-8/h4-7,14H,2-3H2,1H3. The number of fused-ring (bicyclic) bond motifs is 1. The van der Waals surface area contributed by atoms with Gasteiger partial charge in [0.05, 0.1) is 0 Å². The fourth-order valence-corrected chi connectivity index (χ4v) is 1.75. The summed E-state index contributed by atoms with van der Waals surface area (Å²) >= 11 is 0. The zero-order chi connectivity index (χ0) is 10.8. The summed E-state index contributed by atoms with van der Waals surface area (Å²) in [6.07, 6.45) is 1.63. The van der Waals surface area contributed by atoms with E-state index in [0.29, 0.717) is 18.4 Å². The smallest absolute Gasteiger partial charge is 0.127 e. The van der Waals surface area contributed by atoms with Crippen LogP contribution in [0.3, 0.4) is 0 Å². The average molecular weight is 205 g/mol. The van der Waals surface area contributed by atoms with Crippen LogP contribution in [0.2, 0.25) is 0 Å². The molecule has 0 bridgehead atoms. The molecule has 0 atom stereocenters. The van der Waals surface area contributed by atoms with Crippen LogP contribution in [0.5, 0.6) is 0 Å². The monoisotopic (exact) mass is 205 g/mol. The molecule has 1 heterocycles. The quantitative estimate of drug-likeness (QED) is 0.768. The maximum absolute atomic E-state index is 13.5. The summed E-state index contributed by atoms with van der Waals surface area (Å²) in [6, 6.07) is 5.20. The van der Waals surface area contributed by atoms with Crippen LogP contribution in [-0.2, 0) is 11.2 Å². The van der Waals surface area contributed by atoms with Crippen LogP contribution in [-0.4, -0.2) is 11.3 Å². The lowest BCUT2D eigenvalue weighted by Crippen LogP contribution is -1.91. The lowest BCUT2D eigenvalue weighted by Gasteiger charge is -2.00. The maximum Gasteiger partial charge on any atom is 0.127 e. The molecule has 0 fully saturated rings. The Bertz CT molecular complexity index is 502. The van der Waals surface area contributed by atoms with E-state index in [1.54, 1.807) is 6.07 Å². The molecule has 0 spiro atoms. The van der Waals surface area contributed by atoms with Crippen molar-refractivity contribution in [3.05, 3.63) is 35.3 Å². The second kappa shape index (κ2) is 3.85. The summed E-state index contributed by atoms with van der Waals surface area (Å²) in [6.45, 7) is 1.93. The molecule has 0 aliphatic rings. The van der Waals surface area contributed by atoms with Crippen LogP contribution < -0.4 is 0 Å². The molecule has 78 valence electrons. The topological polar surface area (TPSA) is 32.9 Å². The van der Waals surface area contributed by atoms with Gasteiger partial charge in [0.2, 0.25) is 0 Å². The molecule has 0 aliphatic heterocycles. The molecule has 2 nitrogen and oxygen atoms in total. The summed E-state index contributed by atoms with van der Waals surface area (Å²) in [5.41, 5.74) is 2.53. The van der Waals surface area contributed by atoms with Crippen molar-refractivity contribution in [2.24, 2.45) is 0 Å². The van der Waals surface area contributed by atoms with Crippen molar-refractivity contribution in [2.75, 3.05) is 0 Å². The number of nitrogens with one attached hydrogen (secondary N) is 1. The van der Waals surface area contributed by atoms with Gasteiger partial charge in [-0.1, -0.05) is 0 Å². The molecule has 0 radical (unpaired) electrons. The van der Waals surface area contributed by atoms with Gasteiger partial charge in [0.25, 0.3) is 0 Å². The van der Waals surface area contributed by atoms with Gasteiger partial charge in [0.15, 0.2) is 0 Å². The lowest BCUT2D eigenvalue weighted by molar-refractivity contribution is -0.107. The van der Waals surface area contributed by atoms with Gasteiger partial charge in [-0.05, 0) is 37.1 Å². The zero-order valence-corrected chi connectivity index (χ0v) is 8.51. The van der Waals surface area contributed by atoms with Gasteiger partial charge in [-0.15, -0.1) is 0 Å². The highest BCUT2D eigenvalue weighted by Crippen LogP contribution is 2.20. The van der Waals surface area contributed by atoms with Crippen LogP contribution >= 0.6 is 0 Å². The van der Waals surface area contributed by atoms with Gasteiger partial charge in [0.1, 0.15) is 12.1 Å². The number of aromatic amines is 1. The van der Waals surface area contributed by atoms with E-state index in [9.17, 15) is 9.18 Å². The van der Waals surface area contributed by atoms with Crippen LogP contribution in [0.4, 0.5) is 4.39 Å². The first-order valence-electron chi connectivity index (χ1n) is 4.92. The molecule has 0 saturated heterocycles. The molecule has 1 N–H and O–H groups in total. The van der Waals surface area contributed by atoms with Gasteiger partial charge in [-0.25, -0.2) is 4.39 Å². The van der Waals surface area contributed by atoms with Crippen LogP contribution in [0.1, 0.15) is 17.7 Å². The Balaban J connectivity index is 2.46. The normalized spacial score (nSPS) is 10.8. The molecule has 15 heavy (non-hydrogen) atoms. The van der Waals surface area contributed by atoms with Gasteiger partial charge in [-0.3, -0.25) is 0 Å². The summed E-state index contributed by atoms with van der Waals surface area (Å²) in [5.74, 6) is -0.233. The SMILES string of the molecule is Cc1cc2cc(F)c(CCC=O)cc2[nH]1. The minimum absolute atomic E-state index is 0.233. The number of halogens is 1. The first kappa shape index (κ1) is 9.90. The number of hydrogen-bond acceptors (Lipinski definition) is 1. The van der Waals surface area contributed by atoms with Crippen LogP contribution in [0.25, 0.3) is 10.9 Å². The molecule has 0 amide bonds. The van der Waals surface area contributed by atoms with Gasteiger partial charge in [0, 0.05) is 23.0 Å². The number of aldehydes is 1. The van der Waals surface area contributed by atoms with Crippen LogP contribution in [0.15, 0.2) is 18.2 Å². The Kier molecular flexibility index (Phi) is 2.54. The molecule has 0 saturated carbocycles. The molecule has 0 unspecified atom stereocenters. The van der Waals surface area contributed by atoms with Crippen molar-refractivity contribution < 1.29 is 9.18 Å². The number of aryl methyl sites for hydroxylation is 2. The lowest BCUT2D eigenvalue weighted by atomic mass is 10.1. The van der Waals surface area contributed by atoms with Crippen molar-refractivity contribution in [3.63, 3.8) is 0 Å². The molecular formula is C12H12FNO. The number of carbonyl (C=O) groups is 1. The average Bonchev–Trinajstić information content (AvgIpc) is 2.53. The van der Waals surface area contributed by atoms with E-state index in [0.717, 1.165) is 22.9 Å². The van der Waals surface area contributed by atoms with Crippen molar-refractivity contribution in [2.45, 2.75) is 19.8 Å². The maximum atomic E-state index is 13.5. The molecule has 2 aromatic rings. The predicted octanol–water partition coefficient (Wildman–Crippen LogP) is 2.75. The predicted molar refractivity (Wildman–Crippen MR) is 57.4 cm³/mol. The summed E-state index contributed by atoms with van der Waals surface area (Å²) < 4.78 is 13.5. The Morgan fingerprint density at radius 3 is 2.93 bits per heavy atom. The van der Waals surface area contributed by atoms with Gasteiger partial charge < -0.3 is 9.78 Å².